The van der Waals surface area contributed by atoms with Crippen molar-refractivity contribution in [3.8, 4) is 0 Å². The third-order valence-corrected chi connectivity index (χ3v) is 4.97. The summed E-state index contributed by atoms with van der Waals surface area (Å²) in [5.41, 5.74) is 4.35. The summed E-state index contributed by atoms with van der Waals surface area (Å²) in [6.07, 6.45) is -2.29. The van der Waals surface area contributed by atoms with Gasteiger partial charge in [0.1, 0.15) is 11.6 Å². The molecule has 2 amide bonds. The number of pyridine rings is 1. The molecule has 0 spiro atoms. The van der Waals surface area contributed by atoms with Crippen LogP contribution in [-0.2, 0) is 6.18 Å². The lowest BCUT2D eigenvalue weighted by Gasteiger charge is -2.32. The van der Waals surface area contributed by atoms with Gasteiger partial charge in [0.05, 0.1) is 29.1 Å². The van der Waals surface area contributed by atoms with E-state index in [-0.39, 0.29) is 35.0 Å². The average molecular weight is 448 g/mol. The number of amides is 2. The standard InChI is InChI=1S/C20H16F4N6O2/c1-10-9-29(12-3-4-13(14(21)6-12)20(22,23)24)19(32)17-15(8-27-30(10)17)28-18(31)11-2-5-16(25)26-7-11/h2-8,10H,9H2,1H3,(H2,25,26)(H,28,31)/t10-/m0/s1. The Bertz CT molecular complexity index is 1210. The highest BCUT2D eigenvalue weighted by molar-refractivity contribution is 6.13. The first-order valence-corrected chi connectivity index (χ1v) is 9.35. The first kappa shape index (κ1) is 21.3. The molecule has 0 saturated heterocycles. The number of nitrogens with zero attached hydrogens (tertiary/aromatic N) is 4. The molecule has 3 aromatic rings. The molecule has 166 valence electrons. The Hall–Kier alpha value is -3.96. The molecule has 1 atom stereocenters. The highest BCUT2D eigenvalue weighted by Gasteiger charge is 2.37. The molecule has 0 bridgehead atoms. The molecule has 0 unspecified atom stereocenters. The molecule has 1 aliphatic rings. The Kier molecular flexibility index (Phi) is 5.07. The Morgan fingerprint density at radius 1 is 1.22 bits per heavy atom. The summed E-state index contributed by atoms with van der Waals surface area (Å²) >= 11 is 0. The summed E-state index contributed by atoms with van der Waals surface area (Å²) in [4.78, 5) is 30.6. The van der Waals surface area contributed by atoms with E-state index in [0.29, 0.717) is 12.1 Å². The smallest absolute Gasteiger partial charge is 0.384 e. The van der Waals surface area contributed by atoms with Crippen LogP contribution in [0.1, 0.15) is 39.4 Å². The molecule has 4 rings (SSSR count). The van der Waals surface area contributed by atoms with Crippen molar-refractivity contribution in [1.29, 1.82) is 0 Å². The van der Waals surface area contributed by atoms with Crippen LogP contribution in [0.25, 0.3) is 0 Å². The molecule has 1 aliphatic heterocycles. The van der Waals surface area contributed by atoms with Crippen molar-refractivity contribution < 1.29 is 27.2 Å². The van der Waals surface area contributed by atoms with Gasteiger partial charge in [0.15, 0.2) is 5.69 Å². The molecular weight excluding hydrogens is 432 g/mol. The van der Waals surface area contributed by atoms with E-state index in [1.807, 2.05) is 0 Å². The monoisotopic (exact) mass is 448 g/mol. The van der Waals surface area contributed by atoms with E-state index >= 15 is 0 Å². The minimum Gasteiger partial charge on any atom is -0.384 e. The molecule has 12 heteroatoms. The highest BCUT2D eigenvalue weighted by atomic mass is 19.4. The molecular formula is C20H16F4N6O2. The van der Waals surface area contributed by atoms with Crippen molar-refractivity contribution in [2.45, 2.75) is 19.1 Å². The van der Waals surface area contributed by atoms with Crippen molar-refractivity contribution in [2.75, 3.05) is 22.5 Å². The molecule has 2 aromatic heterocycles. The molecule has 0 saturated carbocycles. The van der Waals surface area contributed by atoms with Crippen LogP contribution in [0.15, 0.2) is 42.7 Å². The third kappa shape index (κ3) is 3.74. The Morgan fingerprint density at radius 3 is 2.59 bits per heavy atom. The zero-order chi connectivity index (χ0) is 23.2. The van der Waals surface area contributed by atoms with Gasteiger partial charge < -0.3 is 16.0 Å². The fraction of sp³-hybridized carbons (Fsp3) is 0.200. The van der Waals surface area contributed by atoms with Crippen molar-refractivity contribution in [2.24, 2.45) is 0 Å². The van der Waals surface area contributed by atoms with E-state index < -0.39 is 35.4 Å². The van der Waals surface area contributed by atoms with Crippen LogP contribution in [0.3, 0.4) is 0 Å². The highest BCUT2D eigenvalue weighted by Crippen LogP contribution is 2.35. The maximum Gasteiger partial charge on any atom is 0.419 e. The zero-order valence-electron chi connectivity index (χ0n) is 16.5. The zero-order valence-corrected chi connectivity index (χ0v) is 16.5. The molecule has 8 nitrogen and oxygen atoms in total. The molecule has 3 heterocycles. The summed E-state index contributed by atoms with van der Waals surface area (Å²) in [7, 11) is 0. The number of halogens is 4. The van der Waals surface area contributed by atoms with Crippen LogP contribution in [0.4, 0.5) is 34.8 Å². The van der Waals surface area contributed by atoms with Gasteiger partial charge in [-0.1, -0.05) is 0 Å². The third-order valence-electron chi connectivity index (χ3n) is 4.97. The largest absolute Gasteiger partial charge is 0.419 e. The maximum atomic E-state index is 14.1. The van der Waals surface area contributed by atoms with Crippen LogP contribution in [0.2, 0.25) is 0 Å². The van der Waals surface area contributed by atoms with E-state index in [2.05, 4.69) is 15.4 Å². The molecule has 1 aromatic carbocycles. The summed E-state index contributed by atoms with van der Waals surface area (Å²) in [6, 6.07) is 4.78. The minimum absolute atomic E-state index is 0.0146. The van der Waals surface area contributed by atoms with E-state index in [1.54, 1.807) is 6.92 Å². The number of nitrogen functional groups attached to an aromatic ring is 1. The van der Waals surface area contributed by atoms with Gasteiger partial charge in [-0.15, -0.1) is 0 Å². The Morgan fingerprint density at radius 2 is 1.97 bits per heavy atom. The first-order valence-electron chi connectivity index (χ1n) is 9.35. The number of hydrogen-bond donors (Lipinski definition) is 2. The second kappa shape index (κ2) is 7.62. The quantitative estimate of drug-likeness (QED) is 0.597. The predicted molar refractivity (Wildman–Crippen MR) is 107 cm³/mol. The van der Waals surface area contributed by atoms with E-state index in [0.717, 1.165) is 11.0 Å². The van der Waals surface area contributed by atoms with E-state index in [9.17, 15) is 27.2 Å². The normalized spacial score (nSPS) is 16.1. The van der Waals surface area contributed by atoms with Gasteiger partial charge >= 0.3 is 6.18 Å². The lowest BCUT2D eigenvalue weighted by Crippen LogP contribution is -2.43. The fourth-order valence-corrected chi connectivity index (χ4v) is 3.41. The number of carbonyl (C=O) groups excluding carboxylic acids is 2. The van der Waals surface area contributed by atoms with Crippen molar-refractivity contribution >= 4 is 29.0 Å². The van der Waals surface area contributed by atoms with Crippen LogP contribution in [-0.4, -0.2) is 33.1 Å². The summed E-state index contributed by atoms with van der Waals surface area (Å²) in [5, 5.41) is 6.71. The second-order valence-electron chi connectivity index (χ2n) is 7.20. The van der Waals surface area contributed by atoms with Gasteiger partial charge in [0.25, 0.3) is 11.8 Å². The number of nitrogens with one attached hydrogen (secondary N) is 1. The Balaban J connectivity index is 1.65. The number of benzene rings is 1. The fourth-order valence-electron chi connectivity index (χ4n) is 3.41. The minimum atomic E-state index is -4.85. The molecule has 3 N–H and O–H groups in total. The van der Waals surface area contributed by atoms with Crippen molar-refractivity contribution in [3.63, 3.8) is 0 Å². The van der Waals surface area contributed by atoms with E-state index in [1.165, 1.54) is 29.2 Å². The maximum absolute atomic E-state index is 14.1. The summed E-state index contributed by atoms with van der Waals surface area (Å²) in [6.45, 7) is 1.78. The molecule has 0 fully saturated rings. The lowest BCUT2D eigenvalue weighted by atomic mass is 10.1. The summed E-state index contributed by atoms with van der Waals surface area (Å²) in [5.74, 6) is -2.47. The van der Waals surface area contributed by atoms with Gasteiger partial charge in [-0.3, -0.25) is 14.3 Å². The van der Waals surface area contributed by atoms with Crippen molar-refractivity contribution in [3.05, 3.63) is 65.4 Å². The van der Waals surface area contributed by atoms with Crippen LogP contribution in [0.5, 0.6) is 0 Å². The number of rotatable bonds is 3. The van der Waals surface area contributed by atoms with Gasteiger partial charge in [-0.25, -0.2) is 9.37 Å². The number of anilines is 3. The Labute approximate surface area is 178 Å². The molecule has 0 aliphatic carbocycles. The predicted octanol–water partition coefficient (Wildman–Crippen LogP) is 3.49. The van der Waals surface area contributed by atoms with Crippen LogP contribution >= 0.6 is 0 Å². The SMILES string of the molecule is C[C@H]1CN(c2ccc(C(F)(F)F)c(F)c2)C(=O)c2c(NC(=O)c3ccc(N)nc3)cnn21. The average Bonchev–Trinajstić information content (AvgIpc) is 3.14. The van der Waals surface area contributed by atoms with Gasteiger partial charge in [-0.2, -0.15) is 18.3 Å². The van der Waals surface area contributed by atoms with Gasteiger partial charge in [0.2, 0.25) is 0 Å². The molecule has 0 radical (unpaired) electrons. The summed E-state index contributed by atoms with van der Waals surface area (Å²) < 4.78 is 54.1. The number of alkyl halides is 3. The van der Waals surface area contributed by atoms with Crippen molar-refractivity contribution in [1.82, 2.24) is 14.8 Å². The van der Waals surface area contributed by atoms with Crippen LogP contribution < -0.4 is 16.0 Å². The lowest BCUT2D eigenvalue weighted by molar-refractivity contribution is -0.139. The number of aromatic nitrogens is 3. The van der Waals surface area contributed by atoms with Crippen LogP contribution in [0, 0.1) is 5.82 Å². The number of fused-ring (bicyclic) bond motifs is 1. The second-order valence-corrected chi connectivity index (χ2v) is 7.20. The van der Waals surface area contributed by atoms with Gasteiger partial charge in [0, 0.05) is 18.4 Å². The molecule has 32 heavy (non-hydrogen) atoms. The first-order chi connectivity index (χ1) is 15.1. The number of hydrogen-bond acceptors (Lipinski definition) is 5. The number of carbonyl (C=O) groups is 2. The topological polar surface area (TPSA) is 106 Å². The van der Waals surface area contributed by atoms with E-state index in [4.69, 9.17) is 5.73 Å². The van der Waals surface area contributed by atoms with Gasteiger partial charge in [-0.05, 0) is 37.3 Å². The number of nitrogens with two attached hydrogens (primary N) is 1.